The van der Waals surface area contributed by atoms with E-state index in [1.54, 1.807) is 0 Å². The predicted octanol–water partition coefficient (Wildman–Crippen LogP) is 7.27. The summed E-state index contributed by atoms with van der Waals surface area (Å²) >= 11 is 0. The van der Waals surface area contributed by atoms with E-state index in [1.165, 1.54) is 10.8 Å². The largest absolute Gasteiger partial charge is 0.243 e. The lowest BCUT2D eigenvalue weighted by molar-refractivity contribution is 1.31. The molecule has 0 saturated carbocycles. The Morgan fingerprint density at radius 3 is 1.07 bits per heavy atom. The lowest BCUT2D eigenvalue weighted by Gasteiger charge is -2.14. The molecule has 0 saturated heterocycles. The quantitative estimate of drug-likeness (QED) is 0.294. The number of nitrogens with zero attached hydrogens (tertiary/aromatic N) is 2. The van der Waals surface area contributed by atoms with Gasteiger partial charge in [0, 0.05) is 21.9 Å². The van der Waals surface area contributed by atoms with Crippen LogP contribution < -0.4 is 0 Å². The monoisotopic (exact) mass is 382 g/mol. The van der Waals surface area contributed by atoms with Gasteiger partial charge in [0.25, 0.3) is 0 Å². The Balaban J connectivity index is 1.83. The van der Waals surface area contributed by atoms with Gasteiger partial charge in [-0.2, -0.15) is 0 Å². The average Bonchev–Trinajstić information content (AvgIpc) is 2.84. The van der Waals surface area contributed by atoms with Gasteiger partial charge in [-0.3, -0.25) is 0 Å². The van der Waals surface area contributed by atoms with Gasteiger partial charge in [-0.1, -0.05) is 109 Å². The fourth-order valence-corrected chi connectivity index (χ4v) is 4.25. The molecule has 0 fully saturated rings. The van der Waals surface area contributed by atoms with Crippen LogP contribution in [0.1, 0.15) is 0 Å². The second-order valence-electron chi connectivity index (χ2n) is 7.44. The maximum atomic E-state index is 5.24. The molecule has 140 valence electrons. The van der Waals surface area contributed by atoms with E-state index in [0.717, 1.165) is 44.3 Å². The standard InChI is InChI=1S/C28H18N2/c1-3-11-19(12-4-1)25-26(20-13-5-2-6-14-20)30-28-24-18-10-8-16-22(24)21-15-7-9-17-23(21)27(28)29-25/h1-18H. The lowest BCUT2D eigenvalue weighted by Crippen LogP contribution is -1.97. The Kier molecular flexibility index (Phi) is 3.82. The van der Waals surface area contributed by atoms with Crippen molar-refractivity contribution in [2.24, 2.45) is 0 Å². The van der Waals surface area contributed by atoms with E-state index in [9.17, 15) is 0 Å². The van der Waals surface area contributed by atoms with Crippen LogP contribution >= 0.6 is 0 Å². The normalized spacial score (nSPS) is 11.3. The molecular formula is C28H18N2. The first kappa shape index (κ1) is 16.9. The molecule has 0 aliphatic rings. The van der Waals surface area contributed by atoms with E-state index in [2.05, 4.69) is 97.1 Å². The Morgan fingerprint density at radius 1 is 0.333 bits per heavy atom. The number of hydrogen-bond donors (Lipinski definition) is 0. The summed E-state index contributed by atoms with van der Waals surface area (Å²) in [5.74, 6) is 0. The van der Waals surface area contributed by atoms with Crippen molar-refractivity contribution < 1.29 is 0 Å². The minimum Gasteiger partial charge on any atom is -0.243 e. The molecule has 0 amide bonds. The van der Waals surface area contributed by atoms with Gasteiger partial charge in [0.1, 0.15) is 0 Å². The van der Waals surface area contributed by atoms with Gasteiger partial charge in [-0.25, -0.2) is 9.97 Å². The van der Waals surface area contributed by atoms with E-state index in [0.29, 0.717) is 0 Å². The Hall–Kier alpha value is -4.04. The molecule has 0 bridgehead atoms. The van der Waals surface area contributed by atoms with E-state index < -0.39 is 0 Å². The molecular weight excluding hydrogens is 364 g/mol. The summed E-state index contributed by atoms with van der Waals surface area (Å²) in [6, 6.07) is 37.6. The molecule has 0 N–H and O–H groups in total. The molecule has 0 aliphatic heterocycles. The zero-order valence-electron chi connectivity index (χ0n) is 16.3. The molecule has 0 unspecified atom stereocenters. The number of aromatic nitrogens is 2. The van der Waals surface area contributed by atoms with Crippen molar-refractivity contribution in [3.8, 4) is 22.5 Å². The number of hydrogen-bond acceptors (Lipinski definition) is 2. The lowest BCUT2D eigenvalue weighted by atomic mass is 9.98. The van der Waals surface area contributed by atoms with Crippen molar-refractivity contribution >= 4 is 32.6 Å². The molecule has 2 nitrogen and oxygen atoms in total. The maximum absolute atomic E-state index is 5.24. The third-order valence-electron chi connectivity index (χ3n) is 5.64. The second-order valence-corrected chi connectivity index (χ2v) is 7.44. The van der Waals surface area contributed by atoms with Crippen molar-refractivity contribution in [3.05, 3.63) is 109 Å². The summed E-state index contributed by atoms with van der Waals surface area (Å²) < 4.78 is 0. The molecule has 0 spiro atoms. The van der Waals surface area contributed by atoms with Gasteiger partial charge >= 0.3 is 0 Å². The molecule has 0 radical (unpaired) electrons. The average molecular weight is 382 g/mol. The molecule has 5 aromatic carbocycles. The SMILES string of the molecule is c1ccc(-c2nc3c4ccccc4c4ccccc4c3nc2-c2ccccc2)cc1. The van der Waals surface area contributed by atoms with Crippen LogP contribution in [0, 0.1) is 0 Å². The van der Waals surface area contributed by atoms with Crippen molar-refractivity contribution in [3.63, 3.8) is 0 Å². The van der Waals surface area contributed by atoms with Crippen LogP contribution in [0.3, 0.4) is 0 Å². The highest BCUT2D eigenvalue weighted by Gasteiger charge is 2.17. The number of fused-ring (bicyclic) bond motifs is 6. The summed E-state index contributed by atoms with van der Waals surface area (Å²) in [4.78, 5) is 10.5. The number of rotatable bonds is 2. The van der Waals surface area contributed by atoms with Crippen LogP contribution in [0.5, 0.6) is 0 Å². The van der Waals surface area contributed by atoms with Crippen molar-refractivity contribution in [2.45, 2.75) is 0 Å². The Morgan fingerprint density at radius 2 is 0.667 bits per heavy atom. The van der Waals surface area contributed by atoms with Crippen LogP contribution in [-0.2, 0) is 0 Å². The van der Waals surface area contributed by atoms with Gasteiger partial charge in [0.2, 0.25) is 0 Å². The topological polar surface area (TPSA) is 25.8 Å². The summed E-state index contributed by atoms with van der Waals surface area (Å²) in [6.45, 7) is 0. The Bertz CT molecular complexity index is 1400. The van der Waals surface area contributed by atoms with Crippen molar-refractivity contribution in [2.75, 3.05) is 0 Å². The van der Waals surface area contributed by atoms with Crippen LogP contribution in [0.4, 0.5) is 0 Å². The first-order chi connectivity index (χ1) is 14.9. The number of benzene rings is 5. The van der Waals surface area contributed by atoms with Crippen LogP contribution in [0.2, 0.25) is 0 Å². The zero-order valence-corrected chi connectivity index (χ0v) is 16.3. The summed E-state index contributed by atoms with van der Waals surface area (Å²) in [7, 11) is 0. The minimum atomic E-state index is 0.912. The predicted molar refractivity (Wildman–Crippen MR) is 125 cm³/mol. The fourth-order valence-electron chi connectivity index (χ4n) is 4.25. The van der Waals surface area contributed by atoms with Gasteiger partial charge in [-0.05, 0) is 10.8 Å². The van der Waals surface area contributed by atoms with E-state index in [1.807, 2.05) is 12.1 Å². The highest BCUT2D eigenvalue weighted by molar-refractivity contribution is 6.23. The molecule has 6 aromatic rings. The third kappa shape index (κ3) is 2.58. The second kappa shape index (κ2) is 6.78. The molecule has 30 heavy (non-hydrogen) atoms. The molecule has 0 atom stereocenters. The Labute approximate surface area is 174 Å². The molecule has 1 heterocycles. The van der Waals surface area contributed by atoms with Gasteiger partial charge in [-0.15, -0.1) is 0 Å². The van der Waals surface area contributed by atoms with Crippen LogP contribution in [0.15, 0.2) is 109 Å². The van der Waals surface area contributed by atoms with Crippen molar-refractivity contribution in [1.29, 1.82) is 0 Å². The highest BCUT2D eigenvalue weighted by Crippen LogP contribution is 2.37. The zero-order chi connectivity index (χ0) is 19.9. The molecule has 2 heteroatoms. The summed E-state index contributed by atoms with van der Waals surface area (Å²) in [6.07, 6.45) is 0. The third-order valence-corrected chi connectivity index (χ3v) is 5.64. The van der Waals surface area contributed by atoms with Gasteiger partial charge in [0.05, 0.1) is 22.4 Å². The van der Waals surface area contributed by atoms with Crippen LogP contribution in [-0.4, -0.2) is 9.97 Å². The summed E-state index contributed by atoms with van der Waals surface area (Å²) in [5.41, 5.74) is 5.86. The smallest absolute Gasteiger partial charge is 0.0979 e. The molecule has 0 aliphatic carbocycles. The minimum absolute atomic E-state index is 0.912. The first-order valence-electron chi connectivity index (χ1n) is 10.1. The maximum Gasteiger partial charge on any atom is 0.0979 e. The molecule has 6 rings (SSSR count). The fraction of sp³-hybridized carbons (Fsp3) is 0. The summed E-state index contributed by atoms with van der Waals surface area (Å²) in [5, 5.41) is 4.69. The van der Waals surface area contributed by atoms with Crippen molar-refractivity contribution in [1.82, 2.24) is 9.97 Å². The van der Waals surface area contributed by atoms with Gasteiger partial charge < -0.3 is 0 Å². The molecule has 1 aromatic heterocycles. The highest BCUT2D eigenvalue weighted by atomic mass is 14.8. The van der Waals surface area contributed by atoms with E-state index >= 15 is 0 Å². The van der Waals surface area contributed by atoms with Gasteiger partial charge in [0.15, 0.2) is 0 Å². The van der Waals surface area contributed by atoms with E-state index in [4.69, 9.17) is 9.97 Å². The van der Waals surface area contributed by atoms with E-state index in [-0.39, 0.29) is 0 Å². The first-order valence-corrected chi connectivity index (χ1v) is 10.1. The van der Waals surface area contributed by atoms with Crippen LogP contribution in [0.25, 0.3) is 55.1 Å².